The summed E-state index contributed by atoms with van der Waals surface area (Å²) in [7, 11) is 0. The predicted molar refractivity (Wildman–Crippen MR) is 15.6 cm³/mol. The van der Waals surface area contributed by atoms with E-state index in [1.807, 2.05) is 0 Å². The minimum absolute atomic E-state index is 0.266. The Labute approximate surface area is 38.8 Å². The van der Waals surface area contributed by atoms with Gasteiger partial charge in [0, 0.05) is 6.92 Å². The van der Waals surface area contributed by atoms with Gasteiger partial charge in [0.15, 0.2) is 0 Å². The van der Waals surface area contributed by atoms with E-state index in [1.165, 1.54) is 0 Å². The minimum atomic E-state index is -3.69. The first-order chi connectivity index (χ1) is 2.94. The lowest BCUT2D eigenvalue weighted by molar-refractivity contribution is -0.327. The first kappa shape index (κ1) is 6.33. The maximum Gasteiger partial charge on any atom is 0.284 e. The molecule has 0 fully saturated rings. The third-order valence-electron chi connectivity index (χ3n) is 0.358. The van der Waals surface area contributed by atoms with Crippen molar-refractivity contribution in [2.75, 3.05) is 0 Å². The molecule has 0 rings (SSSR count). The van der Waals surface area contributed by atoms with E-state index < -0.39 is 11.9 Å². The fraction of sp³-hybridized carbons (Fsp3) is 0.667. The summed E-state index contributed by atoms with van der Waals surface area (Å²) in [6.45, 7) is 0.266. The van der Waals surface area contributed by atoms with Crippen molar-refractivity contribution in [2.24, 2.45) is 0 Å². The highest BCUT2D eigenvalue weighted by Gasteiger charge is 2.21. The predicted octanol–water partition coefficient (Wildman–Crippen LogP) is -0.609. The van der Waals surface area contributed by atoms with Crippen molar-refractivity contribution in [3.63, 3.8) is 0 Å². The van der Waals surface area contributed by atoms with E-state index in [1.54, 1.807) is 0 Å². The molecule has 0 aromatic heterocycles. The third-order valence-corrected chi connectivity index (χ3v) is 0.358. The Hall–Kier alpha value is -0.670. The summed E-state index contributed by atoms with van der Waals surface area (Å²) in [5.41, 5.74) is 0. The van der Waals surface area contributed by atoms with Gasteiger partial charge in [0.05, 0.1) is 0 Å². The van der Waals surface area contributed by atoms with E-state index in [4.69, 9.17) is 9.90 Å². The summed E-state index contributed by atoms with van der Waals surface area (Å²) >= 11 is 0. The van der Waals surface area contributed by atoms with Crippen molar-refractivity contribution in [3.8, 4) is 0 Å². The van der Waals surface area contributed by atoms with E-state index in [0.717, 1.165) is 0 Å². The molecule has 0 saturated carbocycles. The fourth-order valence-corrected chi connectivity index (χ4v) is 0. The van der Waals surface area contributed by atoms with E-state index in [-0.39, 0.29) is 6.92 Å². The second-order valence-corrected chi connectivity index (χ2v) is 1.18. The SMILES string of the molecule is CC(F)(F)C(=O)[O-]. The Bertz CT molecular complexity index is 83.4. The molecule has 0 aromatic carbocycles. The fourth-order valence-electron chi connectivity index (χ4n) is 0. The van der Waals surface area contributed by atoms with Crippen LogP contribution in [-0.4, -0.2) is 11.9 Å². The van der Waals surface area contributed by atoms with Gasteiger partial charge in [0.1, 0.15) is 5.97 Å². The zero-order valence-corrected chi connectivity index (χ0v) is 3.57. The third kappa shape index (κ3) is 2.08. The zero-order chi connectivity index (χ0) is 6.08. The summed E-state index contributed by atoms with van der Waals surface area (Å²) in [6.07, 6.45) is 0. The van der Waals surface area contributed by atoms with E-state index in [0.29, 0.717) is 0 Å². The quantitative estimate of drug-likeness (QED) is 0.450. The number of aliphatic carboxylic acids is 1. The van der Waals surface area contributed by atoms with Crippen molar-refractivity contribution < 1.29 is 18.7 Å². The number of carboxylic acid groups (broad SMARTS) is 1. The van der Waals surface area contributed by atoms with Crippen LogP contribution in [0.15, 0.2) is 0 Å². The van der Waals surface area contributed by atoms with Crippen LogP contribution in [-0.2, 0) is 4.79 Å². The normalized spacial score (nSPS) is 11.3. The summed E-state index contributed by atoms with van der Waals surface area (Å²) < 4.78 is 22.4. The maximum absolute atomic E-state index is 11.2. The number of rotatable bonds is 1. The lowest BCUT2D eigenvalue weighted by Crippen LogP contribution is -2.38. The van der Waals surface area contributed by atoms with Gasteiger partial charge >= 0.3 is 0 Å². The Morgan fingerprint density at radius 1 is 1.71 bits per heavy atom. The van der Waals surface area contributed by atoms with Crippen LogP contribution in [0.2, 0.25) is 0 Å². The van der Waals surface area contributed by atoms with Gasteiger partial charge in [-0.1, -0.05) is 0 Å². The van der Waals surface area contributed by atoms with Crippen molar-refractivity contribution >= 4 is 5.97 Å². The van der Waals surface area contributed by atoms with E-state index in [2.05, 4.69) is 0 Å². The average molecular weight is 109 g/mol. The molecular weight excluding hydrogens is 106 g/mol. The highest BCUT2D eigenvalue weighted by Crippen LogP contribution is 2.07. The molecule has 0 spiro atoms. The molecule has 4 heteroatoms. The molecule has 0 radical (unpaired) electrons. The average Bonchev–Trinajstić information content (AvgIpc) is 1.31. The number of hydrogen-bond acceptors (Lipinski definition) is 2. The second kappa shape index (κ2) is 1.44. The van der Waals surface area contributed by atoms with E-state index in [9.17, 15) is 8.78 Å². The standard InChI is InChI=1S/C3H4F2O2/c1-3(4,5)2(6)7/h1H3,(H,6,7)/p-1. The number of carboxylic acids is 1. The van der Waals surface area contributed by atoms with Gasteiger partial charge in [-0.3, -0.25) is 0 Å². The van der Waals surface area contributed by atoms with Crippen LogP contribution in [0, 0.1) is 0 Å². The van der Waals surface area contributed by atoms with E-state index >= 15 is 0 Å². The molecule has 0 unspecified atom stereocenters. The highest BCUT2D eigenvalue weighted by atomic mass is 19.3. The molecule has 0 amide bonds. The molecule has 7 heavy (non-hydrogen) atoms. The van der Waals surface area contributed by atoms with Crippen LogP contribution in [0.25, 0.3) is 0 Å². The van der Waals surface area contributed by atoms with Crippen LogP contribution in [0.1, 0.15) is 6.92 Å². The Morgan fingerprint density at radius 3 is 1.86 bits per heavy atom. The molecule has 0 aromatic rings. The molecule has 0 bridgehead atoms. The first-order valence-corrected chi connectivity index (χ1v) is 1.54. The molecular formula is C3H3F2O2-. The molecule has 0 atom stereocenters. The zero-order valence-electron chi connectivity index (χ0n) is 3.57. The summed E-state index contributed by atoms with van der Waals surface area (Å²) in [5.74, 6) is -6.03. The minimum Gasteiger partial charge on any atom is -0.544 e. The molecule has 0 saturated heterocycles. The molecule has 0 N–H and O–H groups in total. The maximum atomic E-state index is 11.2. The van der Waals surface area contributed by atoms with Crippen LogP contribution in [0.4, 0.5) is 8.78 Å². The molecule has 42 valence electrons. The highest BCUT2D eigenvalue weighted by molar-refractivity contribution is 5.72. The first-order valence-electron chi connectivity index (χ1n) is 1.54. The van der Waals surface area contributed by atoms with Gasteiger partial charge in [-0.05, 0) is 0 Å². The van der Waals surface area contributed by atoms with Crippen LogP contribution < -0.4 is 5.11 Å². The smallest absolute Gasteiger partial charge is 0.284 e. The van der Waals surface area contributed by atoms with Crippen molar-refractivity contribution in [1.29, 1.82) is 0 Å². The molecule has 2 nitrogen and oxygen atoms in total. The van der Waals surface area contributed by atoms with Gasteiger partial charge in [-0.2, -0.15) is 0 Å². The van der Waals surface area contributed by atoms with Crippen molar-refractivity contribution in [3.05, 3.63) is 0 Å². The number of carbonyl (C=O) groups excluding carboxylic acids is 1. The molecule has 0 aliphatic rings. The summed E-state index contributed by atoms with van der Waals surface area (Å²) in [5, 5.41) is 9.16. The lowest BCUT2D eigenvalue weighted by Gasteiger charge is -2.08. The van der Waals surface area contributed by atoms with Gasteiger partial charge in [-0.25, -0.2) is 8.78 Å². The van der Waals surface area contributed by atoms with Crippen molar-refractivity contribution in [1.82, 2.24) is 0 Å². The number of alkyl halides is 2. The number of hydrogen-bond donors (Lipinski definition) is 0. The summed E-state index contributed by atoms with van der Waals surface area (Å²) in [4.78, 5) is 9.16. The number of halogens is 2. The monoisotopic (exact) mass is 109 g/mol. The Kier molecular flexibility index (Phi) is 1.30. The Morgan fingerprint density at radius 2 is 1.86 bits per heavy atom. The topological polar surface area (TPSA) is 40.1 Å². The Balaban J connectivity index is 3.79. The van der Waals surface area contributed by atoms with Gasteiger partial charge in [0.25, 0.3) is 5.92 Å². The summed E-state index contributed by atoms with van der Waals surface area (Å²) in [6, 6.07) is 0. The molecule has 0 aliphatic carbocycles. The van der Waals surface area contributed by atoms with Crippen molar-refractivity contribution in [2.45, 2.75) is 12.8 Å². The molecule has 0 heterocycles. The van der Waals surface area contributed by atoms with Crippen LogP contribution >= 0.6 is 0 Å². The van der Waals surface area contributed by atoms with Gasteiger partial charge in [0.2, 0.25) is 0 Å². The molecule has 0 aliphatic heterocycles. The van der Waals surface area contributed by atoms with Crippen LogP contribution in [0.5, 0.6) is 0 Å². The largest absolute Gasteiger partial charge is 0.544 e. The lowest BCUT2D eigenvalue weighted by atomic mass is 10.4. The van der Waals surface area contributed by atoms with Gasteiger partial charge in [-0.15, -0.1) is 0 Å². The number of carbonyl (C=O) groups is 1. The van der Waals surface area contributed by atoms with Gasteiger partial charge < -0.3 is 9.90 Å². The second-order valence-electron chi connectivity index (χ2n) is 1.18. The van der Waals surface area contributed by atoms with Crippen LogP contribution in [0.3, 0.4) is 0 Å².